The molecule has 2 aromatic carbocycles. The summed E-state index contributed by atoms with van der Waals surface area (Å²) >= 11 is 1.37. The molecule has 1 aliphatic rings. The van der Waals surface area contributed by atoms with Gasteiger partial charge in [-0.3, -0.25) is 15.0 Å². The summed E-state index contributed by atoms with van der Waals surface area (Å²) in [7, 11) is 1.73. The number of nitrogens with zero attached hydrogens (tertiary/aromatic N) is 4. The summed E-state index contributed by atoms with van der Waals surface area (Å²) in [5.41, 5.74) is 3.83. The summed E-state index contributed by atoms with van der Waals surface area (Å²) in [6, 6.07) is 17.7. The van der Waals surface area contributed by atoms with Gasteiger partial charge in [-0.25, -0.2) is 9.78 Å². The Bertz CT molecular complexity index is 1460. The van der Waals surface area contributed by atoms with E-state index < -0.39 is 6.10 Å². The molecule has 208 valence electrons. The maximum Gasteiger partial charge on any atom is 0.327 e. The molecule has 0 bridgehead atoms. The smallest absolute Gasteiger partial charge is 0.327 e. The highest BCUT2D eigenvalue weighted by Crippen LogP contribution is 2.27. The summed E-state index contributed by atoms with van der Waals surface area (Å²) in [6.07, 6.45) is 5.56. The molecule has 5 rings (SSSR count). The van der Waals surface area contributed by atoms with Gasteiger partial charge >= 0.3 is 6.03 Å². The number of ether oxygens (including phenoxy) is 1. The Morgan fingerprint density at radius 1 is 1.12 bits per heavy atom. The van der Waals surface area contributed by atoms with Crippen molar-refractivity contribution in [1.82, 2.24) is 14.3 Å². The number of carbonyl (C=O) groups is 2. The third kappa shape index (κ3) is 6.32. The lowest BCUT2D eigenvalue weighted by molar-refractivity contribution is -0.144. The number of amides is 3. The fraction of sp³-hybridized carbons (Fsp3) is 0.355. The van der Waals surface area contributed by atoms with Crippen molar-refractivity contribution >= 4 is 45.1 Å². The second-order valence-electron chi connectivity index (χ2n) is 10.3. The Labute approximate surface area is 239 Å². The fourth-order valence-electron chi connectivity index (χ4n) is 4.99. The van der Waals surface area contributed by atoms with Crippen LogP contribution in [0, 0.1) is 5.92 Å². The molecule has 0 saturated carbocycles. The van der Waals surface area contributed by atoms with Gasteiger partial charge in [-0.2, -0.15) is 4.37 Å². The Kier molecular flexibility index (Phi) is 8.72. The molecule has 2 aromatic heterocycles. The minimum absolute atomic E-state index is 0.0912. The van der Waals surface area contributed by atoms with Crippen molar-refractivity contribution in [3.8, 4) is 11.1 Å². The molecule has 40 heavy (non-hydrogen) atoms. The first-order valence-electron chi connectivity index (χ1n) is 13.8. The van der Waals surface area contributed by atoms with E-state index in [-0.39, 0.29) is 11.9 Å². The number of rotatable bonds is 8. The van der Waals surface area contributed by atoms with Gasteiger partial charge in [0, 0.05) is 45.0 Å². The van der Waals surface area contributed by atoms with Crippen LogP contribution in [0.5, 0.6) is 0 Å². The number of urea groups is 1. The Hall–Kier alpha value is -3.82. The summed E-state index contributed by atoms with van der Waals surface area (Å²) in [4.78, 5) is 34.0. The molecule has 0 spiro atoms. The number of anilines is 2. The molecule has 1 saturated heterocycles. The number of piperidine rings is 1. The minimum Gasteiger partial charge on any atom is -0.368 e. The SMILES string of the molecule is CCOC(Cc1ccc(-c2cccc(N(C)C(=O)Nc3nccc4sncc34)c2)cc1)C(=O)N1CCC(C)CC1. The van der Waals surface area contributed by atoms with Gasteiger partial charge in [0.15, 0.2) is 0 Å². The molecule has 0 radical (unpaired) electrons. The van der Waals surface area contributed by atoms with Crippen molar-refractivity contribution in [2.75, 3.05) is 37.0 Å². The van der Waals surface area contributed by atoms with Crippen LogP contribution in [-0.4, -0.2) is 59.0 Å². The number of carbonyl (C=O) groups excluding carboxylic acids is 2. The molecule has 8 nitrogen and oxygen atoms in total. The molecule has 1 unspecified atom stereocenters. The monoisotopic (exact) mass is 557 g/mol. The van der Waals surface area contributed by atoms with Crippen LogP contribution in [-0.2, 0) is 16.0 Å². The van der Waals surface area contributed by atoms with E-state index >= 15 is 0 Å². The number of likely N-dealkylation sites (tertiary alicyclic amines) is 1. The van der Waals surface area contributed by atoms with Crippen molar-refractivity contribution in [3.05, 3.63) is 72.6 Å². The maximum atomic E-state index is 13.2. The number of pyridine rings is 1. The highest BCUT2D eigenvalue weighted by atomic mass is 32.1. The molecule has 3 amide bonds. The molecule has 0 aliphatic carbocycles. The van der Waals surface area contributed by atoms with Crippen molar-refractivity contribution in [3.63, 3.8) is 0 Å². The molecular formula is C31H35N5O3S. The van der Waals surface area contributed by atoms with Gasteiger partial charge in [0.1, 0.15) is 11.9 Å². The highest BCUT2D eigenvalue weighted by Gasteiger charge is 2.27. The maximum absolute atomic E-state index is 13.2. The fourth-order valence-corrected chi connectivity index (χ4v) is 5.63. The van der Waals surface area contributed by atoms with Crippen LogP contribution in [0.25, 0.3) is 21.2 Å². The molecular weight excluding hydrogens is 522 g/mol. The van der Waals surface area contributed by atoms with Crippen LogP contribution in [0.3, 0.4) is 0 Å². The van der Waals surface area contributed by atoms with Crippen LogP contribution in [0.1, 0.15) is 32.3 Å². The van der Waals surface area contributed by atoms with E-state index in [0.717, 1.165) is 58.4 Å². The van der Waals surface area contributed by atoms with E-state index in [4.69, 9.17) is 4.74 Å². The zero-order valence-corrected chi connectivity index (χ0v) is 24.0. The molecule has 9 heteroatoms. The van der Waals surface area contributed by atoms with E-state index in [1.54, 1.807) is 24.3 Å². The third-order valence-electron chi connectivity index (χ3n) is 7.49. The average Bonchev–Trinajstić information content (AvgIpc) is 3.47. The van der Waals surface area contributed by atoms with Crippen molar-refractivity contribution in [2.24, 2.45) is 5.92 Å². The molecule has 1 aliphatic heterocycles. The molecule has 4 aromatic rings. The number of fused-ring (bicyclic) bond motifs is 1. The van der Waals surface area contributed by atoms with Gasteiger partial charge in [0.2, 0.25) is 0 Å². The van der Waals surface area contributed by atoms with E-state index in [1.165, 1.54) is 11.5 Å². The van der Waals surface area contributed by atoms with Crippen LogP contribution in [0.2, 0.25) is 0 Å². The number of hydrogen-bond acceptors (Lipinski definition) is 6. The standard InChI is InChI=1S/C31H35N5O3S/c1-4-39-27(30(37)36-16-13-21(2)14-17-36)18-22-8-10-23(11-9-22)24-6-5-7-25(19-24)35(3)31(38)34-29-26-20-33-40-28(26)12-15-32-29/h5-12,15,19-21,27H,4,13-14,16-18H2,1-3H3,(H,32,34,38). The van der Waals surface area contributed by atoms with Gasteiger partial charge in [0.05, 0.1) is 16.3 Å². The van der Waals surface area contributed by atoms with Crippen LogP contribution in [0.4, 0.5) is 16.3 Å². The largest absolute Gasteiger partial charge is 0.368 e. The van der Waals surface area contributed by atoms with E-state index in [2.05, 4.69) is 45.9 Å². The van der Waals surface area contributed by atoms with Gasteiger partial charge in [-0.05, 0) is 72.1 Å². The Morgan fingerprint density at radius 3 is 2.65 bits per heavy atom. The summed E-state index contributed by atoms with van der Waals surface area (Å²) < 4.78 is 11.0. The van der Waals surface area contributed by atoms with Gasteiger partial charge in [0.25, 0.3) is 5.91 Å². The minimum atomic E-state index is -0.468. The number of hydrogen-bond donors (Lipinski definition) is 1. The predicted molar refractivity (Wildman–Crippen MR) is 161 cm³/mol. The first-order valence-corrected chi connectivity index (χ1v) is 14.5. The Morgan fingerprint density at radius 2 is 1.90 bits per heavy atom. The highest BCUT2D eigenvalue weighted by molar-refractivity contribution is 7.13. The molecule has 1 fully saturated rings. The van der Waals surface area contributed by atoms with Crippen LogP contribution in [0.15, 0.2) is 67.0 Å². The second-order valence-corrected chi connectivity index (χ2v) is 11.1. The quantitative estimate of drug-likeness (QED) is 0.277. The number of nitrogens with one attached hydrogen (secondary N) is 1. The summed E-state index contributed by atoms with van der Waals surface area (Å²) in [6.45, 7) is 6.30. The third-order valence-corrected chi connectivity index (χ3v) is 8.26. The van der Waals surface area contributed by atoms with Crippen LogP contribution < -0.4 is 10.2 Å². The Balaban J connectivity index is 1.25. The summed E-state index contributed by atoms with van der Waals surface area (Å²) in [5, 5.41) is 3.72. The normalized spacial score (nSPS) is 14.7. The van der Waals surface area contributed by atoms with Gasteiger partial charge < -0.3 is 9.64 Å². The lowest BCUT2D eigenvalue weighted by atomic mass is 9.97. The topological polar surface area (TPSA) is 87.7 Å². The number of aromatic nitrogens is 2. The lowest BCUT2D eigenvalue weighted by Gasteiger charge is -2.33. The lowest BCUT2D eigenvalue weighted by Crippen LogP contribution is -2.45. The average molecular weight is 558 g/mol. The first-order chi connectivity index (χ1) is 19.4. The first kappa shape index (κ1) is 27.7. The zero-order valence-electron chi connectivity index (χ0n) is 23.2. The second kappa shape index (κ2) is 12.6. The van der Waals surface area contributed by atoms with E-state index in [9.17, 15) is 9.59 Å². The summed E-state index contributed by atoms with van der Waals surface area (Å²) in [5.74, 6) is 1.26. The van der Waals surface area contributed by atoms with E-state index in [1.807, 2.05) is 42.2 Å². The zero-order chi connectivity index (χ0) is 28.1. The predicted octanol–water partition coefficient (Wildman–Crippen LogP) is 6.23. The van der Waals surface area contributed by atoms with Gasteiger partial charge in [-0.15, -0.1) is 0 Å². The van der Waals surface area contributed by atoms with Crippen molar-refractivity contribution in [1.29, 1.82) is 0 Å². The van der Waals surface area contributed by atoms with Crippen LogP contribution >= 0.6 is 11.5 Å². The number of benzene rings is 2. The van der Waals surface area contributed by atoms with Crippen molar-refractivity contribution in [2.45, 2.75) is 39.2 Å². The van der Waals surface area contributed by atoms with E-state index in [0.29, 0.717) is 24.8 Å². The molecule has 1 N–H and O–H groups in total. The van der Waals surface area contributed by atoms with Crippen molar-refractivity contribution < 1.29 is 14.3 Å². The molecule has 3 heterocycles. The molecule has 1 atom stereocenters. The van der Waals surface area contributed by atoms with Gasteiger partial charge in [-0.1, -0.05) is 43.3 Å².